The van der Waals surface area contributed by atoms with Crippen molar-refractivity contribution in [3.63, 3.8) is 0 Å². The lowest BCUT2D eigenvalue weighted by Crippen LogP contribution is -1.81. The maximum atomic E-state index is 8.55. The first-order valence-electron chi connectivity index (χ1n) is 5.98. The minimum absolute atomic E-state index is 0.278. The van der Waals surface area contributed by atoms with Crippen LogP contribution < -0.4 is 0 Å². The van der Waals surface area contributed by atoms with Gasteiger partial charge in [0.15, 0.2) is 0 Å². The van der Waals surface area contributed by atoms with Crippen molar-refractivity contribution in [2.75, 3.05) is 6.61 Å². The van der Waals surface area contributed by atoms with Gasteiger partial charge in [-0.25, -0.2) is 0 Å². The molecule has 86 valence electrons. The number of rotatable bonds is 6. The van der Waals surface area contributed by atoms with Crippen molar-refractivity contribution in [1.82, 2.24) is 0 Å². The summed E-state index contributed by atoms with van der Waals surface area (Å²) in [5, 5.41) is 8.55. The van der Waals surface area contributed by atoms with Crippen molar-refractivity contribution < 1.29 is 5.11 Å². The standard InChI is InChI=1S/C15H20O/c1-2-3-4-5-6-7-8-9-10-11-12-13-14-15-16/h16H,2-4,11-15H2,1H3. The molecule has 0 saturated carbocycles. The van der Waals surface area contributed by atoms with Crippen LogP contribution in [-0.2, 0) is 0 Å². The molecule has 0 heterocycles. The first kappa shape index (κ1) is 14.6. The topological polar surface area (TPSA) is 20.2 Å². The molecule has 1 N–H and O–H groups in total. The molecule has 0 saturated heterocycles. The molecule has 0 amide bonds. The van der Waals surface area contributed by atoms with Crippen molar-refractivity contribution in [1.29, 1.82) is 0 Å². The van der Waals surface area contributed by atoms with E-state index in [0.717, 1.165) is 38.5 Å². The third kappa shape index (κ3) is 12.6. The van der Waals surface area contributed by atoms with Crippen LogP contribution in [0.25, 0.3) is 0 Å². The fraction of sp³-hybridized carbons (Fsp3) is 0.600. The highest BCUT2D eigenvalue weighted by Gasteiger charge is 1.83. The molecule has 0 aliphatic heterocycles. The van der Waals surface area contributed by atoms with Gasteiger partial charge >= 0.3 is 0 Å². The average Bonchev–Trinajstić information content (AvgIpc) is 2.31. The molecule has 0 aromatic rings. The molecule has 0 bridgehead atoms. The Morgan fingerprint density at radius 1 is 0.750 bits per heavy atom. The number of hydrogen-bond acceptors (Lipinski definition) is 1. The monoisotopic (exact) mass is 216 g/mol. The van der Waals surface area contributed by atoms with E-state index in [2.05, 4.69) is 42.4 Å². The zero-order chi connectivity index (χ0) is 11.9. The van der Waals surface area contributed by atoms with Crippen LogP contribution in [0.3, 0.4) is 0 Å². The Morgan fingerprint density at radius 2 is 1.38 bits per heavy atom. The summed E-state index contributed by atoms with van der Waals surface area (Å²) in [5.41, 5.74) is 0. The van der Waals surface area contributed by atoms with E-state index in [1.165, 1.54) is 6.42 Å². The van der Waals surface area contributed by atoms with E-state index in [1.807, 2.05) is 0 Å². The molecule has 0 fully saturated rings. The third-order valence-electron chi connectivity index (χ3n) is 1.98. The van der Waals surface area contributed by atoms with Crippen LogP contribution in [0.4, 0.5) is 0 Å². The lowest BCUT2D eigenvalue weighted by molar-refractivity contribution is 0.283. The van der Waals surface area contributed by atoms with Crippen molar-refractivity contribution in [2.24, 2.45) is 0 Å². The lowest BCUT2D eigenvalue weighted by atomic mass is 10.2. The Bertz CT molecular complexity index is 322. The van der Waals surface area contributed by atoms with E-state index in [0.29, 0.717) is 0 Å². The largest absolute Gasteiger partial charge is 0.396 e. The third-order valence-corrected chi connectivity index (χ3v) is 1.98. The molecule has 0 aliphatic carbocycles. The predicted molar refractivity (Wildman–Crippen MR) is 68.4 cm³/mol. The van der Waals surface area contributed by atoms with Crippen molar-refractivity contribution in [3.8, 4) is 35.5 Å². The zero-order valence-corrected chi connectivity index (χ0v) is 10.1. The van der Waals surface area contributed by atoms with Crippen LogP contribution in [0.5, 0.6) is 0 Å². The number of unbranched alkanes of at least 4 members (excludes halogenated alkanes) is 5. The molecule has 0 unspecified atom stereocenters. The Labute approximate surface area is 99.6 Å². The predicted octanol–water partition coefficient (Wildman–Crippen LogP) is 2.74. The van der Waals surface area contributed by atoms with Gasteiger partial charge in [-0.3, -0.25) is 0 Å². The second-order valence-corrected chi connectivity index (χ2v) is 3.49. The molecule has 0 aromatic carbocycles. The van der Waals surface area contributed by atoms with E-state index in [9.17, 15) is 0 Å². The van der Waals surface area contributed by atoms with Gasteiger partial charge in [0.25, 0.3) is 0 Å². The molecule has 0 spiro atoms. The maximum absolute atomic E-state index is 8.55. The summed E-state index contributed by atoms with van der Waals surface area (Å²) in [6.45, 7) is 2.43. The first-order valence-corrected chi connectivity index (χ1v) is 5.98. The van der Waals surface area contributed by atoms with Crippen molar-refractivity contribution >= 4 is 0 Å². The molecule has 16 heavy (non-hydrogen) atoms. The fourth-order valence-corrected chi connectivity index (χ4v) is 1.04. The molecule has 0 radical (unpaired) electrons. The lowest BCUT2D eigenvalue weighted by Gasteiger charge is -1.90. The Hall–Kier alpha value is -1.36. The summed E-state index contributed by atoms with van der Waals surface area (Å²) >= 11 is 0. The number of hydrogen-bond donors (Lipinski definition) is 1. The van der Waals surface area contributed by atoms with Crippen molar-refractivity contribution in [2.45, 2.75) is 51.9 Å². The second-order valence-electron chi connectivity index (χ2n) is 3.49. The van der Waals surface area contributed by atoms with Gasteiger partial charge in [0.05, 0.1) is 0 Å². The molecular weight excluding hydrogens is 196 g/mol. The van der Waals surface area contributed by atoms with Gasteiger partial charge in [-0.05, 0) is 42.9 Å². The highest BCUT2D eigenvalue weighted by atomic mass is 16.2. The quantitative estimate of drug-likeness (QED) is 0.534. The maximum Gasteiger partial charge on any atom is 0.0431 e. The highest BCUT2D eigenvalue weighted by Crippen LogP contribution is 1.96. The van der Waals surface area contributed by atoms with E-state index >= 15 is 0 Å². The van der Waals surface area contributed by atoms with E-state index in [4.69, 9.17) is 5.11 Å². The van der Waals surface area contributed by atoms with Gasteiger partial charge in [0.2, 0.25) is 0 Å². The highest BCUT2D eigenvalue weighted by molar-refractivity contribution is 5.35. The molecule has 0 rings (SSSR count). The first-order chi connectivity index (χ1) is 7.91. The second kappa shape index (κ2) is 13.6. The van der Waals surface area contributed by atoms with E-state index < -0.39 is 0 Å². The number of aliphatic hydroxyl groups is 1. The van der Waals surface area contributed by atoms with Crippen LogP contribution in [-0.4, -0.2) is 11.7 Å². The van der Waals surface area contributed by atoms with Gasteiger partial charge in [0.1, 0.15) is 0 Å². The summed E-state index contributed by atoms with van der Waals surface area (Å²) in [7, 11) is 0. The molecule has 0 atom stereocenters. The summed E-state index contributed by atoms with van der Waals surface area (Å²) in [6.07, 6.45) is 7.06. The van der Waals surface area contributed by atoms with Gasteiger partial charge in [0, 0.05) is 19.4 Å². The summed E-state index contributed by atoms with van der Waals surface area (Å²) in [4.78, 5) is 0. The zero-order valence-electron chi connectivity index (χ0n) is 10.1. The Balaban J connectivity index is 3.50. The van der Waals surface area contributed by atoms with Crippen LogP contribution in [0.1, 0.15) is 51.9 Å². The molecule has 1 nitrogen and oxygen atoms in total. The molecule has 0 aliphatic rings. The molecule has 1 heteroatoms. The van der Waals surface area contributed by atoms with Gasteiger partial charge < -0.3 is 5.11 Å². The normalized spacial score (nSPS) is 7.88. The van der Waals surface area contributed by atoms with E-state index in [1.54, 1.807) is 0 Å². The minimum atomic E-state index is 0.278. The summed E-state index contributed by atoms with van der Waals surface area (Å²) in [6, 6.07) is 0. The molecular formula is C15H20O. The summed E-state index contributed by atoms with van der Waals surface area (Å²) < 4.78 is 0. The van der Waals surface area contributed by atoms with Crippen molar-refractivity contribution in [3.05, 3.63) is 0 Å². The van der Waals surface area contributed by atoms with Crippen LogP contribution in [0.15, 0.2) is 0 Å². The van der Waals surface area contributed by atoms with Crippen LogP contribution in [0, 0.1) is 35.5 Å². The van der Waals surface area contributed by atoms with Gasteiger partial charge in [-0.1, -0.05) is 31.6 Å². The fourth-order valence-electron chi connectivity index (χ4n) is 1.04. The smallest absolute Gasteiger partial charge is 0.0431 e. The Kier molecular flexibility index (Phi) is 12.5. The van der Waals surface area contributed by atoms with Crippen LogP contribution in [0.2, 0.25) is 0 Å². The summed E-state index contributed by atoms with van der Waals surface area (Å²) in [5.74, 6) is 17.0. The minimum Gasteiger partial charge on any atom is -0.396 e. The molecule has 0 aromatic heterocycles. The SMILES string of the molecule is CCCCC#CC#CC#CCCCCCO. The van der Waals surface area contributed by atoms with E-state index in [-0.39, 0.29) is 6.61 Å². The van der Waals surface area contributed by atoms with Crippen LogP contribution >= 0.6 is 0 Å². The average molecular weight is 216 g/mol. The van der Waals surface area contributed by atoms with Gasteiger partial charge in [-0.2, -0.15) is 0 Å². The number of aliphatic hydroxyl groups excluding tert-OH is 1. The Morgan fingerprint density at radius 3 is 1.94 bits per heavy atom. The van der Waals surface area contributed by atoms with Gasteiger partial charge in [-0.15, -0.1) is 0 Å².